The fourth-order valence-electron chi connectivity index (χ4n) is 4.05. The van der Waals surface area contributed by atoms with Gasteiger partial charge in [-0.15, -0.1) is 0 Å². The molecule has 3 heteroatoms. The summed E-state index contributed by atoms with van der Waals surface area (Å²) in [5, 5.41) is 0. The van der Waals surface area contributed by atoms with Gasteiger partial charge in [0.25, 0.3) is 5.79 Å². The minimum atomic E-state index is -0.901. The van der Waals surface area contributed by atoms with Crippen molar-refractivity contribution in [3.8, 4) is 0 Å². The standard InChI is InChI=1S/C17H24O3/c1-5-19-17-9-13-8-6-7-11(2)16(13,4)10-14(17)12(3)15(18)20-17/h9,11H,5-8,10H2,1-4H3/t11-,16+,17-/m0/s1. The first-order valence-electron chi connectivity index (χ1n) is 7.72. The normalized spacial score (nSPS) is 40.1. The van der Waals surface area contributed by atoms with Crippen molar-refractivity contribution in [1.29, 1.82) is 0 Å². The summed E-state index contributed by atoms with van der Waals surface area (Å²) >= 11 is 0. The average molecular weight is 276 g/mol. The lowest BCUT2D eigenvalue weighted by Crippen LogP contribution is -2.44. The fourth-order valence-corrected chi connectivity index (χ4v) is 4.05. The molecule has 1 saturated carbocycles. The number of rotatable bonds is 2. The predicted molar refractivity (Wildman–Crippen MR) is 77.0 cm³/mol. The van der Waals surface area contributed by atoms with E-state index in [4.69, 9.17) is 9.47 Å². The fraction of sp³-hybridized carbons (Fsp3) is 0.706. The van der Waals surface area contributed by atoms with Gasteiger partial charge in [0.2, 0.25) is 0 Å². The van der Waals surface area contributed by atoms with Crippen LogP contribution in [-0.2, 0) is 14.3 Å². The van der Waals surface area contributed by atoms with Gasteiger partial charge in [0.15, 0.2) is 0 Å². The summed E-state index contributed by atoms with van der Waals surface area (Å²) in [6.07, 6.45) is 6.57. The molecule has 0 radical (unpaired) electrons. The smallest absolute Gasteiger partial charge is 0.336 e. The van der Waals surface area contributed by atoms with Gasteiger partial charge in [-0.25, -0.2) is 4.79 Å². The number of fused-ring (bicyclic) bond motifs is 2. The van der Waals surface area contributed by atoms with Crippen molar-refractivity contribution in [2.75, 3.05) is 6.61 Å². The van der Waals surface area contributed by atoms with Gasteiger partial charge in [0, 0.05) is 17.8 Å². The Morgan fingerprint density at radius 1 is 1.50 bits per heavy atom. The molecule has 0 aromatic heterocycles. The van der Waals surface area contributed by atoms with E-state index < -0.39 is 5.79 Å². The molecule has 1 heterocycles. The Morgan fingerprint density at radius 3 is 2.95 bits per heavy atom. The molecule has 0 N–H and O–H groups in total. The molecule has 3 nitrogen and oxygen atoms in total. The molecule has 0 spiro atoms. The summed E-state index contributed by atoms with van der Waals surface area (Å²) in [5.41, 5.74) is 3.36. The van der Waals surface area contributed by atoms with Gasteiger partial charge in [-0.2, -0.15) is 0 Å². The minimum Gasteiger partial charge on any atom is -0.422 e. The Kier molecular flexibility index (Phi) is 3.09. The summed E-state index contributed by atoms with van der Waals surface area (Å²) < 4.78 is 11.5. The highest BCUT2D eigenvalue weighted by Gasteiger charge is 2.54. The lowest BCUT2D eigenvalue weighted by Gasteiger charge is -2.48. The van der Waals surface area contributed by atoms with Gasteiger partial charge in [-0.3, -0.25) is 0 Å². The number of esters is 1. The molecule has 0 unspecified atom stereocenters. The Balaban J connectivity index is 2.13. The lowest BCUT2D eigenvalue weighted by atomic mass is 9.58. The number of hydrogen-bond donors (Lipinski definition) is 0. The van der Waals surface area contributed by atoms with Crippen molar-refractivity contribution in [2.24, 2.45) is 11.3 Å². The van der Waals surface area contributed by atoms with Gasteiger partial charge >= 0.3 is 5.97 Å². The maximum absolute atomic E-state index is 12.0. The van der Waals surface area contributed by atoms with Gasteiger partial charge < -0.3 is 9.47 Å². The van der Waals surface area contributed by atoms with Crippen LogP contribution < -0.4 is 0 Å². The largest absolute Gasteiger partial charge is 0.422 e. The van der Waals surface area contributed by atoms with Crippen LogP contribution >= 0.6 is 0 Å². The van der Waals surface area contributed by atoms with E-state index in [1.54, 1.807) is 0 Å². The third kappa shape index (κ3) is 1.72. The highest BCUT2D eigenvalue weighted by Crippen LogP contribution is 2.57. The topological polar surface area (TPSA) is 35.5 Å². The number of carbonyl (C=O) groups excluding carboxylic acids is 1. The quantitative estimate of drug-likeness (QED) is 0.569. The van der Waals surface area contributed by atoms with E-state index in [1.165, 1.54) is 18.4 Å². The molecule has 1 fully saturated rings. The van der Waals surface area contributed by atoms with Gasteiger partial charge in [0.05, 0.1) is 0 Å². The molecular weight excluding hydrogens is 252 g/mol. The van der Waals surface area contributed by atoms with E-state index in [0.717, 1.165) is 24.0 Å². The second kappa shape index (κ2) is 4.45. The van der Waals surface area contributed by atoms with Crippen LogP contribution in [0.25, 0.3) is 0 Å². The maximum Gasteiger partial charge on any atom is 0.336 e. The van der Waals surface area contributed by atoms with Crippen molar-refractivity contribution in [3.63, 3.8) is 0 Å². The highest BCUT2D eigenvalue weighted by atomic mass is 16.7. The highest BCUT2D eigenvalue weighted by molar-refractivity contribution is 5.92. The second-order valence-electron chi connectivity index (χ2n) is 6.65. The molecule has 3 rings (SSSR count). The van der Waals surface area contributed by atoms with E-state index in [0.29, 0.717) is 12.5 Å². The van der Waals surface area contributed by atoms with Crippen molar-refractivity contribution in [3.05, 3.63) is 22.8 Å². The Labute approximate surface area is 121 Å². The first-order valence-corrected chi connectivity index (χ1v) is 7.72. The van der Waals surface area contributed by atoms with Gasteiger partial charge in [0.1, 0.15) is 0 Å². The molecule has 0 aromatic carbocycles. The molecule has 0 amide bonds. The molecule has 110 valence electrons. The number of allylic oxidation sites excluding steroid dienone is 1. The summed E-state index contributed by atoms with van der Waals surface area (Å²) in [4.78, 5) is 12.0. The number of hydrogen-bond acceptors (Lipinski definition) is 3. The van der Waals surface area contributed by atoms with Crippen LogP contribution in [0.3, 0.4) is 0 Å². The van der Waals surface area contributed by atoms with Crippen LogP contribution in [0.15, 0.2) is 22.8 Å². The van der Waals surface area contributed by atoms with E-state index in [1.807, 2.05) is 13.8 Å². The SMILES string of the molecule is CCO[C@]12C=C3CCC[C@H](C)[C@@]3(C)CC1=C(C)C(=O)O2. The minimum absolute atomic E-state index is 0.156. The second-order valence-corrected chi connectivity index (χ2v) is 6.65. The van der Waals surface area contributed by atoms with Gasteiger partial charge in [-0.1, -0.05) is 19.4 Å². The third-order valence-corrected chi connectivity index (χ3v) is 5.60. The zero-order chi connectivity index (χ0) is 14.5. The Hall–Kier alpha value is -1.09. The van der Waals surface area contributed by atoms with Crippen LogP contribution in [-0.4, -0.2) is 18.4 Å². The maximum atomic E-state index is 12.0. The van der Waals surface area contributed by atoms with Crippen LogP contribution in [0.2, 0.25) is 0 Å². The van der Waals surface area contributed by atoms with Crippen molar-refractivity contribution < 1.29 is 14.3 Å². The number of ether oxygens (including phenoxy) is 2. The van der Waals surface area contributed by atoms with Crippen molar-refractivity contribution in [1.82, 2.24) is 0 Å². The van der Waals surface area contributed by atoms with Crippen LogP contribution in [0.4, 0.5) is 0 Å². The molecule has 3 atom stereocenters. The van der Waals surface area contributed by atoms with Gasteiger partial charge in [-0.05, 0) is 56.9 Å². The summed E-state index contributed by atoms with van der Waals surface area (Å²) in [5.74, 6) is -0.486. The zero-order valence-corrected chi connectivity index (χ0v) is 12.9. The predicted octanol–water partition coefficient (Wildman–Crippen LogP) is 3.75. The first kappa shape index (κ1) is 13.9. The molecule has 0 saturated heterocycles. The summed E-state index contributed by atoms with van der Waals surface area (Å²) in [6, 6.07) is 0. The van der Waals surface area contributed by atoms with E-state index in [2.05, 4.69) is 19.9 Å². The molecule has 20 heavy (non-hydrogen) atoms. The molecule has 3 aliphatic rings. The monoisotopic (exact) mass is 276 g/mol. The van der Waals surface area contributed by atoms with Crippen LogP contribution in [0.5, 0.6) is 0 Å². The Morgan fingerprint density at radius 2 is 2.25 bits per heavy atom. The average Bonchev–Trinajstić information content (AvgIpc) is 2.62. The first-order chi connectivity index (χ1) is 9.43. The lowest BCUT2D eigenvalue weighted by molar-refractivity contribution is -0.185. The molecule has 2 aliphatic carbocycles. The molecule has 0 aromatic rings. The molecular formula is C17H24O3. The van der Waals surface area contributed by atoms with E-state index >= 15 is 0 Å². The summed E-state index contributed by atoms with van der Waals surface area (Å²) in [7, 11) is 0. The van der Waals surface area contributed by atoms with Crippen LogP contribution in [0.1, 0.15) is 53.4 Å². The molecule has 1 aliphatic heterocycles. The van der Waals surface area contributed by atoms with E-state index in [-0.39, 0.29) is 11.4 Å². The summed E-state index contributed by atoms with van der Waals surface area (Å²) in [6.45, 7) is 9.02. The zero-order valence-electron chi connectivity index (χ0n) is 12.9. The van der Waals surface area contributed by atoms with Crippen molar-refractivity contribution in [2.45, 2.75) is 59.2 Å². The molecule has 0 bridgehead atoms. The van der Waals surface area contributed by atoms with E-state index in [9.17, 15) is 4.79 Å². The Bertz CT molecular complexity index is 516. The third-order valence-electron chi connectivity index (χ3n) is 5.60. The van der Waals surface area contributed by atoms with Crippen LogP contribution in [0, 0.1) is 11.3 Å². The van der Waals surface area contributed by atoms with Crippen molar-refractivity contribution >= 4 is 5.97 Å². The number of carbonyl (C=O) groups is 1.